The maximum absolute atomic E-state index is 5.59. The molecule has 1 aromatic heterocycles. The third-order valence-corrected chi connectivity index (χ3v) is 2.40. The highest BCUT2D eigenvalue weighted by molar-refractivity contribution is 5.20. The summed E-state index contributed by atoms with van der Waals surface area (Å²) in [5.74, 6) is 0.685. The van der Waals surface area contributed by atoms with Crippen molar-refractivity contribution in [3.8, 4) is 5.88 Å². The SMILES string of the molecule is C=C(C)CCOc1cc(CNC(C)(C)C)ccn1. The minimum atomic E-state index is 0.115. The summed E-state index contributed by atoms with van der Waals surface area (Å²) in [5.41, 5.74) is 2.43. The van der Waals surface area contributed by atoms with Gasteiger partial charge < -0.3 is 10.1 Å². The first-order valence-electron chi connectivity index (χ1n) is 6.34. The zero-order valence-electron chi connectivity index (χ0n) is 11.9. The molecule has 3 heteroatoms. The smallest absolute Gasteiger partial charge is 0.213 e. The van der Waals surface area contributed by atoms with Gasteiger partial charge in [0.25, 0.3) is 0 Å². The summed E-state index contributed by atoms with van der Waals surface area (Å²) in [5, 5.41) is 3.44. The summed E-state index contributed by atoms with van der Waals surface area (Å²) < 4.78 is 5.59. The number of pyridine rings is 1. The van der Waals surface area contributed by atoms with Crippen LogP contribution in [-0.4, -0.2) is 17.1 Å². The van der Waals surface area contributed by atoms with Gasteiger partial charge in [-0.15, -0.1) is 6.58 Å². The first-order chi connectivity index (χ1) is 8.37. The summed E-state index contributed by atoms with van der Waals surface area (Å²) in [7, 11) is 0. The summed E-state index contributed by atoms with van der Waals surface area (Å²) >= 11 is 0. The number of nitrogens with zero attached hydrogens (tertiary/aromatic N) is 1. The molecule has 1 aromatic rings. The van der Waals surface area contributed by atoms with E-state index in [4.69, 9.17) is 4.74 Å². The molecule has 18 heavy (non-hydrogen) atoms. The molecule has 1 N–H and O–H groups in total. The molecule has 0 aliphatic heterocycles. The van der Waals surface area contributed by atoms with Gasteiger partial charge in [0.2, 0.25) is 5.88 Å². The second-order valence-electron chi connectivity index (χ2n) is 5.66. The normalized spacial score (nSPS) is 11.3. The fraction of sp³-hybridized carbons (Fsp3) is 0.533. The lowest BCUT2D eigenvalue weighted by atomic mass is 10.1. The molecule has 0 bridgehead atoms. The van der Waals surface area contributed by atoms with Gasteiger partial charge in [-0.2, -0.15) is 0 Å². The van der Waals surface area contributed by atoms with Crippen molar-refractivity contribution in [3.63, 3.8) is 0 Å². The van der Waals surface area contributed by atoms with E-state index in [9.17, 15) is 0 Å². The van der Waals surface area contributed by atoms with Crippen LogP contribution >= 0.6 is 0 Å². The van der Waals surface area contributed by atoms with Crippen LogP contribution in [0, 0.1) is 0 Å². The fourth-order valence-electron chi connectivity index (χ4n) is 1.34. The second kappa shape index (κ2) is 6.55. The van der Waals surface area contributed by atoms with E-state index in [1.165, 1.54) is 5.56 Å². The van der Waals surface area contributed by atoms with E-state index in [1.807, 2.05) is 19.1 Å². The van der Waals surface area contributed by atoms with Crippen molar-refractivity contribution in [3.05, 3.63) is 36.0 Å². The Morgan fingerprint density at radius 2 is 2.17 bits per heavy atom. The molecule has 1 heterocycles. The van der Waals surface area contributed by atoms with Crippen LogP contribution in [0.5, 0.6) is 5.88 Å². The molecule has 0 atom stereocenters. The van der Waals surface area contributed by atoms with Crippen molar-refractivity contribution in [2.45, 2.75) is 46.2 Å². The zero-order valence-corrected chi connectivity index (χ0v) is 11.9. The molecule has 0 saturated heterocycles. The molecule has 0 aliphatic carbocycles. The molecular formula is C15H24N2O. The first kappa shape index (κ1) is 14.7. The average Bonchev–Trinajstić information content (AvgIpc) is 2.26. The molecule has 0 fully saturated rings. The summed E-state index contributed by atoms with van der Waals surface area (Å²) in [6.07, 6.45) is 2.65. The summed E-state index contributed by atoms with van der Waals surface area (Å²) in [6.45, 7) is 13.8. The highest BCUT2D eigenvalue weighted by Crippen LogP contribution is 2.11. The minimum absolute atomic E-state index is 0.115. The van der Waals surface area contributed by atoms with E-state index in [1.54, 1.807) is 6.20 Å². The van der Waals surface area contributed by atoms with Gasteiger partial charge in [-0.05, 0) is 39.3 Å². The highest BCUT2D eigenvalue weighted by Gasteiger charge is 2.08. The molecule has 0 aliphatic rings. The van der Waals surface area contributed by atoms with Crippen LogP contribution in [0.2, 0.25) is 0 Å². The molecular weight excluding hydrogens is 224 g/mol. The standard InChI is InChI=1S/C15H24N2O/c1-12(2)7-9-18-14-10-13(6-8-16-14)11-17-15(3,4)5/h6,8,10,17H,1,7,9,11H2,2-5H3. The second-order valence-corrected chi connectivity index (χ2v) is 5.66. The van der Waals surface area contributed by atoms with E-state index >= 15 is 0 Å². The molecule has 0 aromatic carbocycles. The van der Waals surface area contributed by atoms with Crippen molar-refractivity contribution in [1.29, 1.82) is 0 Å². The van der Waals surface area contributed by atoms with E-state index < -0.39 is 0 Å². The molecule has 0 spiro atoms. The lowest BCUT2D eigenvalue weighted by molar-refractivity contribution is 0.308. The molecule has 3 nitrogen and oxygen atoms in total. The van der Waals surface area contributed by atoms with Gasteiger partial charge in [0.15, 0.2) is 0 Å². The highest BCUT2D eigenvalue weighted by atomic mass is 16.5. The van der Waals surface area contributed by atoms with Crippen LogP contribution in [-0.2, 0) is 6.54 Å². The number of aromatic nitrogens is 1. The molecule has 0 amide bonds. The predicted molar refractivity (Wildman–Crippen MR) is 75.8 cm³/mol. The monoisotopic (exact) mass is 248 g/mol. The Morgan fingerprint density at radius 3 is 2.78 bits per heavy atom. The van der Waals surface area contributed by atoms with E-state index in [0.717, 1.165) is 18.5 Å². The van der Waals surface area contributed by atoms with Gasteiger partial charge in [0.05, 0.1) is 6.61 Å². The average molecular weight is 248 g/mol. The molecule has 0 saturated carbocycles. The number of ether oxygens (including phenoxy) is 1. The van der Waals surface area contributed by atoms with Gasteiger partial charge in [0, 0.05) is 30.8 Å². The molecule has 1 rings (SSSR count). The van der Waals surface area contributed by atoms with E-state index in [2.05, 4.69) is 37.7 Å². The third kappa shape index (κ3) is 6.40. The van der Waals surface area contributed by atoms with E-state index in [0.29, 0.717) is 12.5 Å². The number of hydrogen-bond acceptors (Lipinski definition) is 3. The van der Waals surface area contributed by atoms with Gasteiger partial charge in [0.1, 0.15) is 0 Å². The van der Waals surface area contributed by atoms with Crippen LogP contribution in [0.25, 0.3) is 0 Å². The molecule has 100 valence electrons. The van der Waals surface area contributed by atoms with Crippen molar-refractivity contribution in [2.24, 2.45) is 0 Å². The molecule has 0 unspecified atom stereocenters. The summed E-state index contributed by atoms with van der Waals surface area (Å²) in [6, 6.07) is 3.99. The van der Waals surface area contributed by atoms with Gasteiger partial charge >= 0.3 is 0 Å². The molecule has 0 radical (unpaired) electrons. The Labute approximate surface area is 110 Å². The number of rotatable bonds is 6. The Kier molecular flexibility index (Phi) is 5.35. The topological polar surface area (TPSA) is 34.1 Å². The fourth-order valence-corrected chi connectivity index (χ4v) is 1.34. The van der Waals surface area contributed by atoms with Crippen molar-refractivity contribution >= 4 is 0 Å². The third-order valence-electron chi connectivity index (χ3n) is 2.40. The Balaban J connectivity index is 2.49. The maximum atomic E-state index is 5.59. The van der Waals surface area contributed by atoms with E-state index in [-0.39, 0.29) is 5.54 Å². The number of hydrogen-bond donors (Lipinski definition) is 1. The zero-order chi connectivity index (χ0) is 13.6. The lowest BCUT2D eigenvalue weighted by Crippen LogP contribution is -2.35. The Hall–Kier alpha value is -1.35. The largest absolute Gasteiger partial charge is 0.477 e. The van der Waals surface area contributed by atoms with Gasteiger partial charge in [-0.3, -0.25) is 0 Å². The Morgan fingerprint density at radius 1 is 1.44 bits per heavy atom. The first-order valence-corrected chi connectivity index (χ1v) is 6.34. The van der Waals surface area contributed by atoms with Crippen LogP contribution in [0.1, 0.15) is 39.7 Å². The quantitative estimate of drug-likeness (QED) is 0.784. The van der Waals surface area contributed by atoms with Crippen LogP contribution in [0.4, 0.5) is 0 Å². The van der Waals surface area contributed by atoms with Crippen LogP contribution in [0.15, 0.2) is 30.5 Å². The Bertz CT molecular complexity index is 394. The summed E-state index contributed by atoms with van der Waals surface area (Å²) in [4.78, 5) is 4.20. The van der Waals surface area contributed by atoms with Crippen LogP contribution < -0.4 is 10.1 Å². The van der Waals surface area contributed by atoms with Crippen molar-refractivity contribution in [2.75, 3.05) is 6.61 Å². The lowest BCUT2D eigenvalue weighted by Gasteiger charge is -2.20. The van der Waals surface area contributed by atoms with Crippen molar-refractivity contribution in [1.82, 2.24) is 10.3 Å². The predicted octanol–water partition coefficient (Wildman–Crippen LogP) is 3.31. The maximum Gasteiger partial charge on any atom is 0.213 e. The number of nitrogens with one attached hydrogen (secondary N) is 1. The van der Waals surface area contributed by atoms with Crippen LogP contribution in [0.3, 0.4) is 0 Å². The van der Waals surface area contributed by atoms with Gasteiger partial charge in [-0.1, -0.05) is 5.57 Å². The van der Waals surface area contributed by atoms with Gasteiger partial charge in [-0.25, -0.2) is 4.98 Å². The van der Waals surface area contributed by atoms with Crippen molar-refractivity contribution < 1.29 is 4.74 Å². The minimum Gasteiger partial charge on any atom is -0.477 e.